The maximum Gasteiger partial charge on any atom is 0.0408 e. The zero-order chi connectivity index (χ0) is 16.8. The molecule has 0 radical (unpaired) electrons. The van der Waals surface area contributed by atoms with Crippen molar-refractivity contribution in [2.75, 3.05) is 25.0 Å². The fourth-order valence-corrected chi connectivity index (χ4v) is 2.70. The van der Waals surface area contributed by atoms with E-state index < -0.39 is 0 Å². The summed E-state index contributed by atoms with van der Waals surface area (Å²) >= 11 is 0. The van der Waals surface area contributed by atoms with Crippen LogP contribution in [0.25, 0.3) is 6.08 Å². The second-order valence-corrected chi connectivity index (χ2v) is 5.93. The Labute approximate surface area is 145 Å². The Morgan fingerprint density at radius 2 is 1.67 bits per heavy atom. The van der Waals surface area contributed by atoms with E-state index in [-0.39, 0.29) is 0 Å². The van der Waals surface area contributed by atoms with E-state index in [2.05, 4.69) is 103 Å². The van der Waals surface area contributed by atoms with Crippen molar-refractivity contribution in [2.24, 2.45) is 0 Å². The van der Waals surface area contributed by atoms with Crippen LogP contribution in [0.1, 0.15) is 12.5 Å². The van der Waals surface area contributed by atoms with Crippen LogP contribution in [0, 0.1) is 0 Å². The number of anilines is 2. The van der Waals surface area contributed by atoms with Gasteiger partial charge in [-0.2, -0.15) is 0 Å². The van der Waals surface area contributed by atoms with Crippen molar-refractivity contribution in [2.45, 2.75) is 6.92 Å². The van der Waals surface area contributed by atoms with Crippen molar-refractivity contribution < 1.29 is 0 Å². The summed E-state index contributed by atoms with van der Waals surface area (Å²) in [6.07, 6.45) is 10.9. The summed E-state index contributed by atoms with van der Waals surface area (Å²) in [6.45, 7) is 4.22. The van der Waals surface area contributed by atoms with Crippen LogP contribution in [0.2, 0.25) is 0 Å². The van der Waals surface area contributed by atoms with Gasteiger partial charge in [0.05, 0.1) is 0 Å². The number of hydrogen-bond donors (Lipinski definition) is 0. The first-order valence-corrected chi connectivity index (χ1v) is 8.45. The van der Waals surface area contributed by atoms with Crippen molar-refractivity contribution in [3.8, 4) is 0 Å². The highest BCUT2D eigenvalue weighted by Gasteiger charge is 2.03. The number of nitrogens with zero attached hydrogens (tertiary/aromatic N) is 2. The summed E-state index contributed by atoms with van der Waals surface area (Å²) < 4.78 is 0. The van der Waals surface area contributed by atoms with Gasteiger partial charge in [-0.05, 0) is 54.6 Å². The zero-order valence-electron chi connectivity index (χ0n) is 14.4. The molecule has 0 atom stereocenters. The standard InChI is InChI=1S/C22H24N2/c1-3-24-17-15-20(16-18-24)10-9-19-11-13-22(14-12-19)23(2)21-7-5-4-6-8-21/h4-17H,3,18H2,1-2H3. The van der Waals surface area contributed by atoms with Crippen molar-refractivity contribution in [3.63, 3.8) is 0 Å². The summed E-state index contributed by atoms with van der Waals surface area (Å²) in [5, 5.41) is 0. The molecule has 0 saturated heterocycles. The van der Waals surface area contributed by atoms with E-state index in [1.165, 1.54) is 22.5 Å². The van der Waals surface area contributed by atoms with Gasteiger partial charge in [0.1, 0.15) is 0 Å². The Balaban J connectivity index is 1.66. The van der Waals surface area contributed by atoms with Crippen LogP contribution in [0.4, 0.5) is 11.4 Å². The van der Waals surface area contributed by atoms with Gasteiger partial charge in [-0.3, -0.25) is 0 Å². The SMILES string of the molecule is CCN1C=CC(C=Cc2ccc(N(C)c3ccccc3)cc2)=CC1. The van der Waals surface area contributed by atoms with Gasteiger partial charge in [-0.25, -0.2) is 0 Å². The molecule has 2 aromatic rings. The van der Waals surface area contributed by atoms with Crippen LogP contribution in [-0.2, 0) is 0 Å². The molecule has 0 amide bonds. The Hall–Kier alpha value is -2.74. The number of allylic oxidation sites excluding steroid dienone is 3. The van der Waals surface area contributed by atoms with E-state index in [0.29, 0.717) is 0 Å². The summed E-state index contributed by atoms with van der Waals surface area (Å²) in [4.78, 5) is 4.48. The molecule has 0 aromatic heterocycles. The molecular formula is C22H24N2. The van der Waals surface area contributed by atoms with Crippen molar-refractivity contribution in [1.29, 1.82) is 0 Å². The van der Waals surface area contributed by atoms with Crippen LogP contribution in [0.3, 0.4) is 0 Å². The van der Waals surface area contributed by atoms with E-state index in [4.69, 9.17) is 0 Å². The zero-order valence-corrected chi connectivity index (χ0v) is 14.4. The number of hydrogen-bond acceptors (Lipinski definition) is 2. The number of para-hydroxylation sites is 1. The molecule has 0 N–H and O–H groups in total. The largest absolute Gasteiger partial charge is 0.374 e. The Morgan fingerprint density at radius 1 is 0.958 bits per heavy atom. The third-order valence-corrected chi connectivity index (χ3v) is 4.34. The molecule has 0 bridgehead atoms. The van der Waals surface area contributed by atoms with Crippen molar-refractivity contribution in [1.82, 2.24) is 4.90 Å². The molecule has 2 aromatic carbocycles. The minimum absolute atomic E-state index is 0.994. The minimum Gasteiger partial charge on any atom is -0.374 e. The topological polar surface area (TPSA) is 6.48 Å². The second-order valence-electron chi connectivity index (χ2n) is 5.93. The normalized spacial score (nSPS) is 14.1. The average Bonchev–Trinajstić information content (AvgIpc) is 2.67. The van der Waals surface area contributed by atoms with Crippen LogP contribution in [-0.4, -0.2) is 25.0 Å². The molecule has 122 valence electrons. The van der Waals surface area contributed by atoms with Gasteiger partial charge in [-0.15, -0.1) is 0 Å². The average molecular weight is 316 g/mol. The van der Waals surface area contributed by atoms with Gasteiger partial charge in [0.25, 0.3) is 0 Å². The van der Waals surface area contributed by atoms with Gasteiger partial charge in [0, 0.05) is 31.5 Å². The van der Waals surface area contributed by atoms with E-state index in [1.54, 1.807) is 0 Å². The van der Waals surface area contributed by atoms with Crippen molar-refractivity contribution >= 4 is 17.5 Å². The Kier molecular flexibility index (Phi) is 5.17. The molecule has 0 fully saturated rings. The Morgan fingerprint density at radius 3 is 2.29 bits per heavy atom. The lowest BCUT2D eigenvalue weighted by Crippen LogP contribution is -2.18. The fourth-order valence-electron chi connectivity index (χ4n) is 2.70. The highest BCUT2D eigenvalue weighted by Crippen LogP contribution is 2.23. The maximum atomic E-state index is 2.28. The number of benzene rings is 2. The van der Waals surface area contributed by atoms with Crippen LogP contribution >= 0.6 is 0 Å². The number of likely N-dealkylation sites (N-methyl/N-ethyl adjacent to an activating group) is 1. The highest BCUT2D eigenvalue weighted by molar-refractivity contribution is 5.65. The minimum atomic E-state index is 0.994. The van der Waals surface area contributed by atoms with E-state index in [9.17, 15) is 0 Å². The Bertz CT molecular complexity index is 739. The van der Waals surface area contributed by atoms with Gasteiger partial charge in [0.15, 0.2) is 0 Å². The first kappa shape index (κ1) is 16.1. The predicted octanol–water partition coefficient (Wildman–Crippen LogP) is 5.24. The monoisotopic (exact) mass is 316 g/mol. The van der Waals surface area contributed by atoms with Gasteiger partial charge >= 0.3 is 0 Å². The van der Waals surface area contributed by atoms with E-state index in [1.807, 2.05) is 6.07 Å². The lowest BCUT2D eigenvalue weighted by Gasteiger charge is -2.20. The molecule has 1 aliphatic heterocycles. The summed E-state index contributed by atoms with van der Waals surface area (Å²) in [6, 6.07) is 19.1. The molecule has 1 heterocycles. The first-order valence-electron chi connectivity index (χ1n) is 8.45. The molecule has 3 rings (SSSR count). The summed E-state index contributed by atoms with van der Waals surface area (Å²) in [7, 11) is 2.09. The lowest BCUT2D eigenvalue weighted by atomic mass is 10.1. The molecule has 0 aliphatic carbocycles. The molecule has 0 spiro atoms. The number of rotatable bonds is 5. The molecule has 24 heavy (non-hydrogen) atoms. The third-order valence-electron chi connectivity index (χ3n) is 4.34. The highest BCUT2D eigenvalue weighted by atomic mass is 15.1. The maximum absolute atomic E-state index is 2.28. The molecule has 2 heteroatoms. The molecule has 0 saturated carbocycles. The predicted molar refractivity (Wildman–Crippen MR) is 104 cm³/mol. The van der Waals surface area contributed by atoms with Crippen LogP contribution in [0.15, 0.2) is 84.6 Å². The molecular weight excluding hydrogens is 292 g/mol. The van der Waals surface area contributed by atoms with Crippen molar-refractivity contribution in [3.05, 3.63) is 90.2 Å². The van der Waals surface area contributed by atoms with Gasteiger partial charge in [0.2, 0.25) is 0 Å². The summed E-state index contributed by atoms with van der Waals surface area (Å²) in [5.74, 6) is 0. The van der Waals surface area contributed by atoms with Crippen LogP contribution < -0.4 is 4.90 Å². The van der Waals surface area contributed by atoms with Crippen LogP contribution in [0.5, 0.6) is 0 Å². The summed E-state index contributed by atoms with van der Waals surface area (Å²) in [5.41, 5.74) is 4.87. The van der Waals surface area contributed by atoms with E-state index in [0.717, 1.165) is 13.1 Å². The fraction of sp³-hybridized carbons (Fsp3) is 0.182. The first-order chi connectivity index (χ1) is 11.8. The van der Waals surface area contributed by atoms with E-state index >= 15 is 0 Å². The van der Waals surface area contributed by atoms with Gasteiger partial charge < -0.3 is 9.80 Å². The molecule has 1 aliphatic rings. The second kappa shape index (κ2) is 7.69. The molecule has 0 unspecified atom stereocenters. The third kappa shape index (κ3) is 3.96. The quantitative estimate of drug-likeness (QED) is 0.744. The smallest absolute Gasteiger partial charge is 0.0408 e. The van der Waals surface area contributed by atoms with Gasteiger partial charge in [-0.1, -0.05) is 48.6 Å². The lowest BCUT2D eigenvalue weighted by molar-refractivity contribution is 0.434. The molecule has 2 nitrogen and oxygen atoms in total.